The van der Waals surface area contributed by atoms with Crippen molar-refractivity contribution in [3.63, 3.8) is 0 Å². The lowest BCUT2D eigenvalue weighted by Crippen LogP contribution is -2.46. The van der Waals surface area contributed by atoms with Crippen LogP contribution in [0, 0.1) is 5.82 Å². The van der Waals surface area contributed by atoms with Crippen LogP contribution in [0.1, 0.15) is 13.8 Å². The molecule has 0 radical (unpaired) electrons. The fourth-order valence-corrected chi connectivity index (χ4v) is 1.81. The summed E-state index contributed by atoms with van der Waals surface area (Å²) in [4.78, 5) is 9.92. The standard InChI is InChI=1S/C10H14FN3O/c1-7-5-14(6-8(2)15-7)10-12-3-9(11)4-13-10/h3-4,7-8H,5-6H2,1-2H3/t7-,8+. The van der Waals surface area contributed by atoms with Crippen LogP contribution in [-0.4, -0.2) is 35.3 Å². The Balaban J connectivity index is 2.12. The third kappa shape index (κ3) is 2.41. The van der Waals surface area contributed by atoms with Crippen LogP contribution in [-0.2, 0) is 4.74 Å². The van der Waals surface area contributed by atoms with Crippen LogP contribution in [0.2, 0.25) is 0 Å². The van der Waals surface area contributed by atoms with Crippen molar-refractivity contribution >= 4 is 5.95 Å². The number of ether oxygens (including phenoxy) is 1. The van der Waals surface area contributed by atoms with Crippen LogP contribution in [0.25, 0.3) is 0 Å². The van der Waals surface area contributed by atoms with E-state index in [2.05, 4.69) is 9.97 Å². The molecule has 2 rings (SSSR count). The molecule has 0 aliphatic carbocycles. The van der Waals surface area contributed by atoms with E-state index in [4.69, 9.17) is 4.74 Å². The van der Waals surface area contributed by atoms with Gasteiger partial charge in [0.2, 0.25) is 5.95 Å². The molecule has 0 aromatic carbocycles. The number of halogens is 1. The summed E-state index contributed by atoms with van der Waals surface area (Å²) in [5.74, 6) is 0.159. The molecule has 0 N–H and O–H groups in total. The topological polar surface area (TPSA) is 38.2 Å². The number of hydrogen-bond acceptors (Lipinski definition) is 4. The van der Waals surface area contributed by atoms with Crippen molar-refractivity contribution in [2.75, 3.05) is 18.0 Å². The van der Waals surface area contributed by atoms with Gasteiger partial charge in [0.1, 0.15) is 0 Å². The SMILES string of the molecule is C[C@@H]1CN(c2ncc(F)cn2)C[C@H](C)O1. The van der Waals surface area contributed by atoms with Crippen molar-refractivity contribution in [2.45, 2.75) is 26.1 Å². The number of hydrogen-bond donors (Lipinski definition) is 0. The maximum absolute atomic E-state index is 12.6. The van der Waals surface area contributed by atoms with Crippen molar-refractivity contribution in [3.8, 4) is 0 Å². The maximum Gasteiger partial charge on any atom is 0.225 e. The van der Waals surface area contributed by atoms with E-state index in [1.54, 1.807) is 0 Å². The molecule has 0 amide bonds. The molecule has 0 spiro atoms. The van der Waals surface area contributed by atoms with Crippen molar-refractivity contribution in [1.29, 1.82) is 0 Å². The molecule has 15 heavy (non-hydrogen) atoms. The normalized spacial score (nSPS) is 26.7. The summed E-state index contributed by atoms with van der Waals surface area (Å²) in [6.07, 6.45) is 2.69. The average Bonchev–Trinajstić information content (AvgIpc) is 2.17. The Morgan fingerprint density at radius 2 is 1.80 bits per heavy atom. The minimum absolute atomic E-state index is 0.155. The largest absolute Gasteiger partial charge is 0.372 e. The zero-order chi connectivity index (χ0) is 10.8. The zero-order valence-electron chi connectivity index (χ0n) is 8.85. The van der Waals surface area contributed by atoms with Gasteiger partial charge in [-0.15, -0.1) is 0 Å². The molecule has 2 atom stereocenters. The van der Waals surface area contributed by atoms with Gasteiger partial charge in [-0.2, -0.15) is 0 Å². The van der Waals surface area contributed by atoms with Crippen molar-refractivity contribution in [2.24, 2.45) is 0 Å². The van der Waals surface area contributed by atoms with Crippen LogP contribution in [0.4, 0.5) is 10.3 Å². The Labute approximate surface area is 88.1 Å². The van der Waals surface area contributed by atoms with E-state index in [1.807, 2.05) is 18.7 Å². The van der Waals surface area contributed by atoms with Gasteiger partial charge in [0.15, 0.2) is 5.82 Å². The summed E-state index contributed by atoms with van der Waals surface area (Å²) < 4.78 is 18.2. The molecule has 82 valence electrons. The highest BCUT2D eigenvalue weighted by atomic mass is 19.1. The lowest BCUT2D eigenvalue weighted by Gasteiger charge is -2.35. The molecule has 1 aliphatic rings. The lowest BCUT2D eigenvalue weighted by molar-refractivity contribution is -0.00572. The fourth-order valence-electron chi connectivity index (χ4n) is 1.81. The number of rotatable bonds is 1. The number of nitrogens with zero attached hydrogens (tertiary/aromatic N) is 3. The minimum atomic E-state index is -0.409. The molecular weight excluding hydrogens is 197 g/mol. The molecule has 4 nitrogen and oxygen atoms in total. The first-order chi connectivity index (χ1) is 7.15. The molecule has 0 saturated carbocycles. The Morgan fingerprint density at radius 3 is 2.33 bits per heavy atom. The summed E-state index contributed by atoms with van der Waals surface area (Å²) >= 11 is 0. The van der Waals surface area contributed by atoms with Gasteiger partial charge in [-0.05, 0) is 13.8 Å². The highest BCUT2D eigenvalue weighted by molar-refractivity contribution is 5.29. The van der Waals surface area contributed by atoms with Crippen molar-refractivity contribution in [1.82, 2.24) is 9.97 Å². The van der Waals surface area contributed by atoms with E-state index < -0.39 is 5.82 Å². The third-order valence-electron chi connectivity index (χ3n) is 2.31. The fraction of sp³-hybridized carbons (Fsp3) is 0.600. The monoisotopic (exact) mass is 211 g/mol. The van der Waals surface area contributed by atoms with Gasteiger partial charge in [-0.1, -0.05) is 0 Å². The van der Waals surface area contributed by atoms with E-state index in [0.717, 1.165) is 13.1 Å². The van der Waals surface area contributed by atoms with Crippen molar-refractivity contribution in [3.05, 3.63) is 18.2 Å². The number of aromatic nitrogens is 2. The van der Waals surface area contributed by atoms with E-state index >= 15 is 0 Å². The minimum Gasteiger partial charge on any atom is -0.372 e. The zero-order valence-corrected chi connectivity index (χ0v) is 8.85. The highest BCUT2D eigenvalue weighted by Crippen LogP contribution is 2.15. The molecule has 1 saturated heterocycles. The average molecular weight is 211 g/mol. The van der Waals surface area contributed by atoms with Crippen molar-refractivity contribution < 1.29 is 9.13 Å². The second kappa shape index (κ2) is 4.10. The predicted molar refractivity (Wildman–Crippen MR) is 54.2 cm³/mol. The first-order valence-corrected chi connectivity index (χ1v) is 5.03. The second-order valence-electron chi connectivity index (χ2n) is 3.86. The molecule has 1 fully saturated rings. The van der Waals surface area contributed by atoms with Crippen LogP contribution in [0.3, 0.4) is 0 Å². The quantitative estimate of drug-likeness (QED) is 0.700. The molecule has 1 aromatic rings. The first kappa shape index (κ1) is 10.3. The van der Waals surface area contributed by atoms with Gasteiger partial charge in [0.05, 0.1) is 24.6 Å². The van der Waals surface area contributed by atoms with Gasteiger partial charge in [-0.25, -0.2) is 14.4 Å². The van der Waals surface area contributed by atoms with E-state index in [-0.39, 0.29) is 12.2 Å². The second-order valence-corrected chi connectivity index (χ2v) is 3.86. The van der Waals surface area contributed by atoms with Gasteiger partial charge in [0.25, 0.3) is 0 Å². The molecule has 0 unspecified atom stereocenters. The van der Waals surface area contributed by atoms with Gasteiger partial charge < -0.3 is 9.64 Å². The molecule has 0 bridgehead atoms. The number of anilines is 1. The Kier molecular flexibility index (Phi) is 2.81. The van der Waals surface area contributed by atoms with E-state index in [1.165, 1.54) is 12.4 Å². The summed E-state index contributed by atoms with van der Waals surface area (Å²) in [6, 6.07) is 0. The van der Waals surface area contributed by atoms with Crippen LogP contribution < -0.4 is 4.90 Å². The Morgan fingerprint density at radius 1 is 1.27 bits per heavy atom. The summed E-state index contributed by atoms with van der Waals surface area (Å²) in [5.41, 5.74) is 0. The molecule has 1 aromatic heterocycles. The summed E-state index contributed by atoms with van der Waals surface area (Å²) in [6.45, 7) is 5.50. The maximum atomic E-state index is 12.6. The third-order valence-corrected chi connectivity index (χ3v) is 2.31. The highest BCUT2D eigenvalue weighted by Gasteiger charge is 2.23. The molecule has 5 heteroatoms. The molecular formula is C10H14FN3O. The van der Waals surface area contributed by atoms with Crippen LogP contribution in [0.5, 0.6) is 0 Å². The number of morpholine rings is 1. The van der Waals surface area contributed by atoms with Gasteiger partial charge in [0, 0.05) is 13.1 Å². The lowest BCUT2D eigenvalue weighted by atomic mass is 10.2. The molecule has 2 heterocycles. The Hall–Kier alpha value is -1.23. The predicted octanol–water partition coefficient (Wildman–Crippen LogP) is 1.23. The van der Waals surface area contributed by atoms with Crippen LogP contribution >= 0.6 is 0 Å². The van der Waals surface area contributed by atoms with Crippen LogP contribution in [0.15, 0.2) is 12.4 Å². The van der Waals surface area contributed by atoms with E-state index in [0.29, 0.717) is 5.95 Å². The summed E-state index contributed by atoms with van der Waals surface area (Å²) in [5, 5.41) is 0. The summed E-state index contributed by atoms with van der Waals surface area (Å²) in [7, 11) is 0. The molecule has 1 aliphatic heterocycles. The van der Waals surface area contributed by atoms with Gasteiger partial charge in [-0.3, -0.25) is 0 Å². The first-order valence-electron chi connectivity index (χ1n) is 5.03. The van der Waals surface area contributed by atoms with E-state index in [9.17, 15) is 4.39 Å². The Bertz CT molecular complexity index is 320. The smallest absolute Gasteiger partial charge is 0.225 e. The van der Waals surface area contributed by atoms with Gasteiger partial charge >= 0.3 is 0 Å².